The topological polar surface area (TPSA) is 16.4 Å². The molecule has 13 rings (SSSR count). The van der Waals surface area contributed by atoms with Crippen molar-refractivity contribution in [1.82, 2.24) is 0 Å². The first-order chi connectivity index (χ1) is 30.3. The molecule has 0 unspecified atom stereocenters. The minimum absolute atomic E-state index is 0.387. The third-order valence-electron chi connectivity index (χ3n) is 13.3. The van der Waals surface area contributed by atoms with E-state index in [0.717, 1.165) is 44.4 Å². The van der Waals surface area contributed by atoms with Crippen LogP contribution < -0.4 is 4.90 Å². The Hall–Kier alpha value is -7.94. The van der Waals surface area contributed by atoms with Crippen LogP contribution in [-0.4, -0.2) is 0 Å². The van der Waals surface area contributed by atoms with Crippen molar-refractivity contribution in [2.45, 2.75) is 5.41 Å². The van der Waals surface area contributed by atoms with E-state index in [2.05, 4.69) is 229 Å². The number of nitrogens with zero attached hydrogens (tertiary/aromatic N) is 1. The lowest BCUT2D eigenvalue weighted by Gasteiger charge is -2.30. The first-order valence-corrected chi connectivity index (χ1v) is 21.1. The molecule has 0 atom stereocenters. The van der Waals surface area contributed by atoms with Gasteiger partial charge in [0.25, 0.3) is 0 Å². The van der Waals surface area contributed by atoms with Crippen molar-refractivity contribution in [2.75, 3.05) is 4.90 Å². The quantitative estimate of drug-likeness (QED) is 0.173. The first-order valence-electron chi connectivity index (χ1n) is 21.1. The summed E-state index contributed by atoms with van der Waals surface area (Å²) in [4.78, 5) is 2.34. The Morgan fingerprint density at radius 2 is 0.852 bits per heavy atom. The Bertz CT molecular complexity index is 3440. The highest BCUT2D eigenvalue weighted by Crippen LogP contribution is 2.63. The lowest BCUT2D eigenvalue weighted by molar-refractivity contribution is 0.672. The van der Waals surface area contributed by atoms with Gasteiger partial charge in [0, 0.05) is 22.1 Å². The van der Waals surface area contributed by atoms with Gasteiger partial charge in [-0.1, -0.05) is 170 Å². The van der Waals surface area contributed by atoms with Crippen LogP contribution in [0.3, 0.4) is 0 Å². The summed E-state index contributed by atoms with van der Waals surface area (Å²) in [6, 6.07) is 82.0. The largest absolute Gasteiger partial charge is 0.455 e. The minimum Gasteiger partial charge on any atom is -0.455 e. The van der Waals surface area contributed by atoms with Crippen molar-refractivity contribution in [1.29, 1.82) is 0 Å². The van der Waals surface area contributed by atoms with Crippen LogP contribution in [0.5, 0.6) is 0 Å². The standard InChI is InChI=1S/C59H37NO/c1-3-19-41(20-4-1)60(42-21-5-2-6-22-42)55-31-16-32-56-57(55)50-37-49(43-23-7-8-27-48(43)58(50)61-56)40-18-15-17-38(35-40)39-33-34-47-46-26-11-14-30-53(46)59(54(47)36-39)51-28-12-9-24-44(51)45-25-10-13-29-52(45)59/h1-37H. The molecule has 0 fully saturated rings. The molecule has 0 saturated heterocycles. The smallest absolute Gasteiger partial charge is 0.143 e. The normalized spacial score (nSPS) is 13.0. The van der Waals surface area contributed by atoms with E-state index >= 15 is 0 Å². The second-order valence-electron chi connectivity index (χ2n) is 16.3. The number of hydrogen-bond donors (Lipinski definition) is 0. The van der Waals surface area contributed by atoms with Gasteiger partial charge >= 0.3 is 0 Å². The van der Waals surface area contributed by atoms with Crippen LogP contribution in [-0.2, 0) is 5.41 Å². The molecule has 2 aliphatic carbocycles. The zero-order valence-electron chi connectivity index (χ0n) is 33.2. The van der Waals surface area contributed by atoms with E-state index < -0.39 is 0 Å². The van der Waals surface area contributed by atoms with Gasteiger partial charge in [-0.3, -0.25) is 0 Å². The van der Waals surface area contributed by atoms with E-state index in [0.29, 0.717) is 0 Å². The van der Waals surface area contributed by atoms with Crippen molar-refractivity contribution in [3.8, 4) is 44.5 Å². The molecule has 2 nitrogen and oxygen atoms in total. The molecule has 0 N–H and O–H groups in total. The molecule has 61 heavy (non-hydrogen) atoms. The lowest BCUT2D eigenvalue weighted by atomic mass is 9.70. The van der Waals surface area contributed by atoms with Crippen LogP contribution in [0.2, 0.25) is 0 Å². The molecular formula is C59H37NO. The summed E-state index contributed by atoms with van der Waals surface area (Å²) in [5.41, 5.74) is 20.1. The molecule has 11 aromatic rings. The van der Waals surface area contributed by atoms with E-state index in [4.69, 9.17) is 4.42 Å². The predicted octanol–water partition coefficient (Wildman–Crippen LogP) is 15.9. The van der Waals surface area contributed by atoms with Crippen molar-refractivity contribution in [3.63, 3.8) is 0 Å². The van der Waals surface area contributed by atoms with E-state index in [1.165, 1.54) is 72.1 Å². The summed E-state index contributed by atoms with van der Waals surface area (Å²) in [7, 11) is 0. The summed E-state index contributed by atoms with van der Waals surface area (Å²) < 4.78 is 6.85. The molecule has 1 heterocycles. The predicted molar refractivity (Wildman–Crippen MR) is 253 cm³/mol. The molecule has 0 radical (unpaired) electrons. The molecular weight excluding hydrogens is 739 g/mol. The summed E-state index contributed by atoms with van der Waals surface area (Å²) in [6.45, 7) is 0. The van der Waals surface area contributed by atoms with Crippen LogP contribution in [0.1, 0.15) is 22.3 Å². The molecule has 284 valence electrons. The summed E-state index contributed by atoms with van der Waals surface area (Å²) >= 11 is 0. The van der Waals surface area contributed by atoms with Crippen molar-refractivity contribution < 1.29 is 4.42 Å². The van der Waals surface area contributed by atoms with Crippen LogP contribution in [0.4, 0.5) is 17.1 Å². The Labute approximate surface area is 354 Å². The fourth-order valence-corrected chi connectivity index (χ4v) is 10.8. The van der Waals surface area contributed by atoms with Crippen molar-refractivity contribution in [3.05, 3.63) is 247 Å². The van der Waals surface area contributed by atoms with E-state index in [9.17, 15) is 0 Å². The second-order valence-corrected chi connectivity index (χ2v) is 16.3. The average Bonchev–Trinajstić information content (AvgIpc) is 3.97. The van der Waals surface area contributed by atoms with Crippen LogP contribution in [0.15, 0.2) is 229 Å². The molecule has 10 aromatic carbocycles. The highest BCUT2D eigenvalue weighted by Gasteiger charge is 2.51. The molecule has 0 saturated carbocycles. The van der Waals surface area contributed by atoms with Gasteiger partial charge in [-0.25, -0.2) is 0 Å². The highest BCUT2D eigenvalue weighted by atomic mass is 16.3. The molecule has 2 heteroatoms. The monoisotopic (exact) mass is 775 g/mol. The molecule has 2 aliphatic rings. The third kappa shape index (κ3) is 4.79. The SMILES string of the molecule is c1ccc(N(c2ccccc2)c2cccc3oc4c5ccccc5c(-c5cccc(-c6ccc7c(c6)C6(c8ccccc8-c8ccccc86)c6ccccc6-7)c5)cc4c23)cc1. The van der Waals surface area contributed by atoms with Gasteiger partial charge in [0.15, 0.2) is 0 Å². The van der Waals surface area contributed by atoms with Gasteiger partial charge in [0.1, 0.15) is 11.2 Å². The zero-order valence-corrected chi connectivity index (χ0v) is 33.2. The summed E-state index contributed by atoms with van der Waals surface area (Å²) in [5, 5.41) is 4.45. The van der Waals surface area contributed by atoms with E-state index in [1.54, 1.807) is 0 Å². The second kappa shape index (κ2) is 13.0. The minimum atomic E-state index is -0.387. The number of hydrogen-bond acceptors (Lipinski definition) is 2. The summed E-state index contributed by atoms with van der Waals surface area (Å²) in [5.74, 6) is 0. The Kier molecular flexibility index (Phi) is 7.26. The Morgan fingerprint density at radius 1 is 0.328 bits per heavy atom. The fraction of sp³-hybridized carbons (Fsp3) is 0.0169. The fourth-order valence-electron chi connectivity index (χ4n) is 10.8. The number of anilines is 3. The molecule has 0 amide bonds. The van der Waals surface area contributed by atoms with Gasteiger partial charge in [0.2, 0.25) is 0 Å². The number of para-hydroxylation sites is 2. The van der Waals surface area contributed by atoms with Gasteiger partial charge in [0.05, 0.1) is 16.5 Å². The summed E-state index contributed by atoms with van der Waals surface area (Å²) in [6.07, 6.45) is 0. The third-order valence-corrected chi connectivity index (χ3v) is 13.3. The molecule has 0 aliphatic heterocycles. The maximum Gasteiger partial charge on any atom is 0.143 e. The molecule has 1 aromatic heterocycles. The first kappa shape index (κ1) is 34.0. The number of rotatable bonds is 5. The lowest BCUT2D eigenvalue weighted by Crippen LogP contribution is -2.25. The van der Waals surface area contributed by atoms with Crippen LogP contribution in [0, 0.1) is 0 Å². The van der Waals surface area contributed by atoms with Crippen molar-refractivity contribution in [2.24, 2.45) is 0 Å². The number of benzene rings is 10. The Morgan fingerprint density at radius 3 is 1.51 bits per heavy atom. The van der Waals surface area contributed by atoms with Crippen LogP contribution in [0.25, 0.3) is 77.2 Å². The highest BCUT2D eigenvalue weighted by molar-refractivity contribution is 6.22. The molecule has 1 spiro atoms. The van der Waals surface area contributed by atoms with Crippen molar-refractivity contribution >= 4 is 49.8 Å². The van der Waals surface area contributed by atoms with Crippen LogP contribution >= 0.6 is 0 Å². The number of furan rings is 1. The van der Waals surface area contributed by atoms with E-state index in [-0.39, 0.29) is 5.41 Å². The van der Waals surface area contributed by atoms with Gasteiger partial charge in [-0.2, -0.15) is 0 Å². The van der Waals surface area contributed by atoms with Gasteiger partial charge in [-0.15, -0.1) is 0 Å². The van der Waals surface area contributed by atoms with Gasteiger partial charge < -0.3 is 9.32 Å². The maximum atomic E-state index is 6.85. The maximum absolute atomic E-state index is 6.85. The average molecular weight is 776 g/mol. The number of fused-ring (bicyclic) bond motifs is 15. The van der Waals surface area contributed by atoms with Gasteiger partial charge in [-0.05, 0) is 127 Å². The zero-order chi connectivity index (χ0) is 40.1. The molecule has 0 bridgehead atoms. The Balaban J connectivity index is 1.01. The van der Waals surface area contributed by atoms with E-state index in [1.807, 2.05) is 0 Å².